The van der Waals surface area contributed by atoms with Gasteiger partial charge >= 0.3 is 0 Å². The molecule has 0 aromatic heterocycles. The van der Waals surface area contributed by atoms with Crippen LogP contribution in [0, 0.1) is 0 Å². The quantitative estimate of drug-likeness (QED) is 0.266. The Balaban J connectivity index is 3.62. The normalized spacial score (nSPS) is 13.6. The molecular formula is C11H21BN2. The van der Waals surface area contributed by atoms with Crippen LogP contribution in [0.4, 0.5) is 0 Å². The van der Waals surface area contributed by atoms with Crippen LogP contribution in [-0.2, 0) is 0 Å². The van der Waals surface area contributed by atoms with E-state index in [4.69, 9.17) is 0 Å². The minimum atomic E-state index is 0.916. The Morgan fingerprint density at radius 2 is 2.14 bits per heavy atom. The van der Waals surface area contributed by atoms with Crippen molar-refractivity contribution in [2.75, 3.05) is 27.2 Å². The van der Waals surface area contributed by atoms with Gasteiger partial charge in [0.05, 0.1) is 0 Å². The van der Waals surface area contributed by atoms with E-state index in [-0.39, 0.29) is 0 Å². The first-order valence-corrected chi connectivity index (χ1v) is 5.11. The summed E-state index contributed by atoms with van der Waals surface area (Å²) in [5.41, 5.74) is 1.20. The van der Waals surface area contributed by atoms with E-state index in [1.54, 1.807) is 0 Å². The number of aliphatic imine (C=N–C) groups is 1. The number of hydrogen-bond acceptors (Lipinski definition) is 2. The average Bonchev–Trinajstić information content (AvgIpc) is 2.13. The zero-order chi connectivity index (χ0) is 10.8. The van der Waals surface area contributed by atoms with Crippen molar-refractivity contribution in [3.05, 3.63) is 23.7 Å². The monoisotopic (exact) mass is 192 g/mol. The molecule has 0 amide bonds. The van der Waals surface area contributed by atoms with E-state index in [2.05, 4.69) is 37.9 Å². The Hall–Kier alpha value is -0.825. The fraction of sp³-hybridized carbons (Fsp3) is 0.545. The minimum absolute atomic E-state index is 0.916. The van der Waals surface area contributed by atoms with Crippen molar-refractivity contribution < 1.29 is 0 Å². The molecule has 0 fully saturated rings. The van der Waals surface area contributed by atoms with E-state index in [0.717, 1.165) is 19.5 Å². The number of rotatable bonds is 6. The van der Waals surface area contributed by atoms with Gasteiger partial charge in [0.25, 0.3) is 0 Å². The lowest BCUT2D eigenvalue weighted by Gasteiger charge is -2.06. The standard InChI is InChI=1S/C11H21BN2/c1-4-5-7-11(12)10-13-8-6-9-14(2)3/h4-5,7,10H,6,8-9,12H2,1-3H3/b5-4+,11-7+,13-10-. The van der Waals surface area contributed by atoms with Gasteiger partial charge in [0, 0.05) is 12.8 Å². The third-order valence-corrected chi connectivity index (χ3v) is 1.74. The number of nitrogens with zero attached hydrogens (tertiary/aromatic N) is 2. The highest BCUT2D eigenvalue weighted by Crippen LogP contribution is 1.87. The number of hydrogen-bond donors (Lipinski definition) is 0. The highest BCUT2D eigenvalue weighted by atomic mass is 15.0. The van der Waals surface area contributed by atoms with Gasteiger partial charge in [-0.2, -0.15) is 0 Å². The van der Waals surface area contributed by atoms with E-state index in [1.807, 2.05) is 25.3 Å². The number of allylic oxidation sites excluding steroid dienone is 4. The van der Waals surface area contributed by atoms with Crippen LogP contribution in [0.5, 0.6) is 0 Å². The van der Waals surface area contributed by atoms with Crippen molar-refractivity contribution in [2.24, 2.45) is 4.99 Å². The van der Waals surface area contributed by atoms with Gasteiger partial charge in [-0.05, 0) is 34.0 Å². The largest absolute Gasteiger partial charge is 0.309 e. The molecule has 0 aromatic carbocycles. The summed E-state index contributed by atoms with van der Waals surface area (Å²) in [6.07, 6.45) is 9.18. The summed E-state index contributed by atoms with van der Waals surface area (Å²) in [6, 6.07) is 0. The Morgan fingerprint density at radius 3 is 2.71 bits per heavy atom. The zero-order valence-corrected chi connectivity index (χ0v) is 9.83. The van der Waals surface area contributed by atoms with E-state index in [9.17, 15) is 0 Å². The summed E-state index contributed by atoms with van der Waals surface area (Å²) in [6.45, 7) is 4.03. The van der Waals surface area contributed by atoms with Gasteiger partial charge in [0.2, 0.25) is 0 Å². The summed E-state index contributed by atoms with van der Waals surface area (Å²) in [4.78, 5) is 6.52. The van der Waals surface area contributed by atoms with Gasteiger partial charge in [0.15, 0.2) is 0 Å². The van der Waals surface area contributed by atoms with Crippen LogP contribution in [0.3, 0.4) is 0 Å². The van der Waals surface area contributed by atoms with Gasteiger partial charge in [-0.25, -0.2) is 0 Å². The summed E-state index contributed by atoms with van der Waals surface area (Å²) in [5, 5.41) is 0. The summed E-state index contributed by atoms with van der Waals surface area (Å²) >= 11 is 0. The van der Waals surface area contributed by atoms with Crippen molar-refractivity contribution in [3.8, 4) is 0 Å². The first kappa shape index (κ1) is 13.2. The van der Waals surface area contributed by atoms with Crippen molar-refractivity contribution in [3.63, 3.8) is 0 Å². The fourth-order valence-corrected chi connectivity index (χ4v) is 0.978. The minimum Gasteiger partial charge on any atom is -0.309 e. The molecule has 0 aliphatic carbocycles. The molecule has 78 valence electrons. The smallest absolute Gasteiger partial charge is 0.141 e. The second-order valence-electron chi connectivity index (χ2n) is 3.63. The van der Waals surface area contributed by atoms with Crippen LogP contribution in [0.1, 0.15) is 13.3 Å². The molecule has 0 saturated heterocycles. The van der Waals surface area contributed by atoms with Crippen LogP contribution >= 0.6 is 0 Å². The van der Waals surface area contributed by atoms with E-state index < -0.39 is 0 Å². The van der Waals surface area contributed by atoms with Crippen molar-refractivity contribution in [1.82, 2.24) is 4.90 Å². The van der Waals surface area contributed by atoms with Crippen molar-refractivity contribution >= 4 is 14.1 Å². The Labute approximate surface area is 88.8 Å². The first-order chi connectivity index (χ1) is 6.66. The molecule has 0 spiro atoms. The lowest BCUT2D eigenvalue weighted by molar-refractivity contribution is 0.403. The lowest BCUT2D eigenvalue weighted by atomic mass is 9.96. The third-order valence-electron chi connectivity index (χ3n) is 1.74. The van der Waals surface area contributed by atoms with Crippen LogP contribution in [0.15, 0.2) is 28.7 Å². The van der Waals surface area contributed by atoms with E-state index in [1.165, 1.54) is 5.47 Å². The molecule has 3 heteroatoms. The Kier molecular flexibility index (Phi) is 8.24. The molecule has 0 heterocycles. The van der Waals surface area contributed by atoms with Crippen LogP contribution in [0.2, 0.25) is 0 Å². The molecule has 0 atom stereocenters. The molecule has 0 saturated carbocycles. The topological polar surface area (TPSA) is 15.6 Å². The molecule has 0 aliphatic heterocycles. The maximum atomic E-state index is 4.34. The summed E-state index contributed by atoms with van der Waals surface area (Å²) in [5.74, 6) is 0. The molecule has 0 unspecified atom stereocenters. The zero-order valence-electron chi connectivity index (χ0n) is 9.83. The van der Waals surface area contributed by atoms with Gasteiger partial charge in [0.1, 0.15) is 7.85 Å². The van der Waals surface area contributed by atoms with Crippen LogP contribution < -0.4 is 0 Å². The Morgan fingerprint density at radius 1 is 1.43 bits per heavy atom. The van der Waals surface area contributed by atoms with Crippen LogP contribution in [0.25, 0.3) is 0 Å². The molecule has 14 heavy (non-hydrogen) atoms. The Bertz CT molecular complexity index is 217. The second-order valence-corrected chi connectivity index (χ2v) is 3.63. The molecule has 0 radical (unpaired) electrons. The summed E-state index contributed by atoms with van der Waals surface area (Å²) in [7, 11) is 6.23. The van der Waals surface area contributed by atoms with Crippen molar-refractivity contribution in [1.29, 1.82) is 0 Å². The molecular weight excluding hydrogens is 171 g/mol. The van der Waals surface area contributed by atoms with Gasteiger partial charge in [-0.15, -0.1) is 0 Å². The highest BCUT2D eigenvalue weighted by molar-refractivity contribution is 6.33. The average molecular weight is 192 g/mol. The second kappa shape index (κ2) is 8.76. The first-order valence-electron chi connectivity index (χ1n) is 5.11. The molecule has 0 N–H and O–H groups in total. The maximum Gasteiger partial charge on any atom is 0.141 e. The molecule has 0 aliphatic rings. The van der Waals surface area contributed by atoms with Crippen LogP contribution in [-0.4, -0.2) is 46.1 Å². The fourth-order valence-electron chi connectivity index (χ4n) is 0.978. The predicted molar refractivity (Wildman–Crippen MR) is 68.0 cm³/mol. The lowest BCUT2D eigenvalue weighted by Crippen LogP contribution is -2.13. The molecule has 0 bridgehead atoms. The van der Waals surface area contributed by atoms with Crippen molar-refractivity contribution in [2.45, 2.75) is 13.3 Å². The maximum absolute atomic E-state index is 4.34. The van der Waals surface area contributed by atoms with Gasteiger partial charge < -0.3 is 4.90 Å². The molecule has 2 nitrogen and oxygen atoms in total. The summed E-state index contributed by atoms with van der Waals surface area (Å²) < 4.78 is 0. The predicted octanol–water partition coefficient (Wildman–Crippen LogP) is 1.10. The van der Waals surface area contributed by atoms with E-state index >= 15 is 0 Å². The third kappa shape index (κ3) is 9.26. The SMILES string of the molecule is BC(/C=N\CCCN(C)C)=C/C=C/C. The van der Waals surface area contributed by atoms with Gasteiger partial charge in [-0.1, -0.05) is 23.7 Å². The molecule has 0 rings (SSSR count). The molecule has 0 aromatic rings. The highest BCUT2D eigenvalue weighted by Gasteiger charge is 1.87. The van der Waals surface area contributed by atoms with E-state index in [0.29, 0.717) is 0 Å². The van der Waals surface area contributed by atoms with Gasteiger partial charge in [-0.3, -0.25) is 4.99 Å².